The molecule has 1 aromatic carbocycles. The molecule has 0 spiro atoms. The first kappa shape index (κ1) is 2.27. The molecule has 0 aliphatic carbocycles. The third kappa shape index (κ3) is 1.45. The van der Waals surface area contributed by atoms with Crippen LogP contribution >= 0.6 is 15.9 Å². The van der Waals surface area contributed by atoms with E-state index in [1.165, 1.54) is 0 Å². The van der Waals surface area contributed by atoms with E-state index < -0.39 is 36.3 Å². The van der Waals surface area contributed by atoms with Crippen LogP contribution < -0.4 is 0 Å². The van der Waals surface area contributed by atoms with Crippen molar-refractivity contribution in [2.45, 2.75) is 6.85 Å². The van der Waals surface area contributed by atoms with Crippen molar-refractivity contribution in [2.75, 3.05) is 0 Å². The first-order chi connectivity index (χ1) is 6.68. The summed E-state index contributed by atoms with van der Waals surface area (Å²) >= 11 is 2.82. The molecule has 0 atom stereocenters. The van der Waals surface area contributed by atoms with Gasteiger partial charge in [-0.15, -0.1) is 0 Å². The summed E-state index contributed by atoms with van der Waals surface area (Å²) in [6, 6.07) is -1.64. The van der Waals surface area contributed by atoms with Gasteiger partial charge < -0.3 is 5.11 Å². The molecule has 1 nitrogen and oxygen atoms in total. The number of hydrogen-bond donors (Lipinski definition) is 1. The molecule has 48 valence electrons. The second kappa shape index (κ2) is 2.40. The minimum atomic E-state index is -2.68. The highest BCUT2D eigenvalue weighted by atomic mass is 79.9. The van der Waals surface area contributed by atoms with Crippen molar-refractivity contribution in [3.8, 4) is 5.75 Å². The van der Waals surface area contributed by atoms with Crippen LogP contribution in [0.3, 0.4) is 0 Å². The monoisotopic (exact) mass is 192 g/mol. The summed E-state index contributed by atoms with van der Waals surface area (Å²) in [5, 5.41) is 9.37. The van der Waals surface area contributed by atoms with Gasteiger partial charge in [0.2, 0.25) is 0 Å². The Hall–Kier alpha value is -0.500. The molecular formula is C7H7BrO. The van der Waals surface area contributed by atoms with Crippen molar-refractivity contribution in [2.24, 2.45) is 0 Å². The Labute approximate surface area is 70.9 Å². The number of rotatable bonds is 0. The van der Waals surface area contributed by atoms with E-state index in [9.17, 15) is 5.11 Å². The zero-order valence-corrected chi connectivity index (χ0v) is 5.91. The van der Waals surface area contributed by atoms with Crippen LogP contribution in [0.5, 0.6) is 5.75 Å². The van der Waals surface area contributed by atoms with E-state index in [0.717, 1.165) is 0 Å². The Morgan fingerprint density at radius 2 is 2.56 bits per heavy atom. The van der Waals surface area contributed by atoms with Crippen LogP contribution in [0.2, 0.25) is 0 Å². The van der Waals surface area contributed by atoms with E-state index in [1.807, 2.05) is 0 Å². The van der Waals surface area contributed by atoms with Gasteiger partial charge in [0, 0.05) is 4.11 Å². The SMILES string of the molecule is [2H]c1c([2H])c(C([2H])([2H])[2H])c([2H])c(O)c1Br. The van der Waals surface area contributed by atoms with Crippen LogP contribution in [0.15, 0.2) is 22.6 Å². The maximum absolute atomic E-state index is 9.37. The molecule has 1 N–H and O–H groups in total. The number of halogens is 1. The van der Waals surface area contributed by atoms with E-state index in [-0.39, 0.29) is 4.47 Å². The van der Waals surface area contributed by atoms with Gasteiger partial charge in [-0.05, 0) is 40.4 Å². The second-order valence-electron chi connectivity index (χ2n) is 1.41. The van der Waals surface area contributed by atoms with Crippen LogP contribution in [-0.4, -0.2) is 5.11 Å². The van der Waals surface area contributed by atoms with Crippen molar-refractivity contribution < 1.29 is 13.3 Å². The number of benzene rings is 1. The number of hydrogen-bond acceptors (Lipinski definition) is 1. The zero-order chi connectivity index (χ0) is 12.0. The molecule has 0 bridgehead atoms. The minimum absolute atomic E-state index is 0.134. The topological polar surface area (TPSA) is 20.2 Å². The second-order valence-corrected chi connectivity index (χ2v) is 2.21. The molecule has 0 unspecified atom stereocenters. The van der Waals surface area contributed by atoms with Crippen molar-refractivity contribution in [1.82, 2.24) is 0 Å². The third-order valence-electron chi connectivity index (χ3n) is 0.749. The number of phenolic OH excluding ortho intramolecular Hbond substituents is 1. The molecule has 9 heavy (non-hydrogen) atoms. The predicted molar refractivity (Wildman–Crippen MR) is 40.5 cm³/mol. The Kier molecular flexibility index (Phi) is 0.605. The Balaban J connectivity index is 3.68. The van der Waals surface area contributed by atoms with Gasteiger partial charge in [0.25, 0.3) is 0 Å². The zero-order valence-electron chi connectivity index (χ0n) is 10.3. The van der Waals surface area contributed by atoms with Crippen LogP contribution in [0.1, 0.15) is 13.8 Å². The molecule has 0 amide bonds. The standard InChI is InChI=1S/C7H7BrO/c1-5-2-3-6(8)7(9)4-5/h2-4,9H,1H3/i1D3,2D,3D,4D. The van der Waals surface area contributed by atoms with Gasteiger partial charge in [0.15, 0.2) is 0 Å². The normalized spacial score (nSPS) is 20.6. The van der Waals surface area contributed by atoms with E-state index in [1.54, 1.807) is 0 Å². The Morgan fingerprint density at radius 3 is 3.22 bits per heavy atom. The van der Waals surface area contributed by atoms with Crippen LogP contribution in [0.4, 0.5) is 0 Å². The molecule has 0 aliphatic heterocycles. The molecule has 2 heteroatoms. The summed E-state index contributed by atoms with van der Waals surface area (Å²) in [4.78, 5) is 0. The lowest BCUT2D eigenvalue weighted by atomic mass is 10.2. The number of aromatic hydroxyl groups is 1. The highest BCUT2D eigenvalue weighted by molar-refractivity contribution is 9.10. The fraction of sp³-hybridized carbons (Fsp3) is 0.143. The lowest BCUT2D eigenvalue weighted by Crippen LogP contribution is -1.71. The average Bonchev–Trinajstić information content (AvgIpc) is 2.09. The molecular weight excluding hydrogens is 180 g/mol. The lowest BCUT2D eigenvalue weighted by molar-refractivity contribution is 0.471. The van der Waals surface area contributed by atoms with Gasteiger partial charge in [0.05, 0.1) is 8.58 Å². The van der Waals surface area contributed by atoms with Gasteiger partial charge in [-0.25, -0.2) is 0 Å². The predicted octanol–water partition coefficient (Wildman–Crippen LogP) is 2.46. The van der Waals surface area contributed by atoms with Gasteiger partial charge in [-0.2, -0.15) is 0 Å². The van der Waals surface area contributed by atoms with Crippen molar-refractivity contribution in [1.29, 1.82) is 0 Å². The van der Waals surface area contributed by atoms with E-state index in [0.29, 0.717) is 0 Å². The summed E-state index contributed by atoms with van der Waals surface area (Å²) in [6.45, 7) is -2.68. The highest BCUT2D eigenvalue weighted by Crippen LogP contribution is 2.23. The van der Waals surface area contributed by atoms with E-state index in [4.69, 9.17) is 8.22 Å². The van der Waals surface area contributed by atoms with Crippen molar-refractivity contribution >= 4 is 15.9 Å². The van der Waals surface area contributed by atoms with Crippen molar-refractivity contribution in [3.05, 3.63) is 28.2 Å². The molecule has 0 aliphatic rings. The van der Waals surface area contributed by atoms with E-state index in [2.05, 4.69) is 15.9 Å². The molecule has 0 heterocycles. The van der Waals surface area contributed by atoms with Crippen molar-refractivity contribution in [3.63, 3.8) is 0 Å². The number of phenols is 1. The fourth-order valence-electron chi connectivity index (χ4n) is 0.381. The largest absolute Gasteiger partial charge is 0.507 e. The molecule has 0 saturated carbocycles. The molecule has 1 rings (SSSR count). The molecule has 0 fully saturated rings. The molecule has 0 saturated heterocycles. The van der Waals surface area contributed by atoms with Crippen LogP contribution in [-0.2, 0) is 0 Å². The lowest BCUT2D eigenvalue weighted by Gasteiger charge is -1.95. The van der Waals surface area contributed by atoms with Gasteiger partial charge in [-0.3, -0.25) is 0 Å². The first-order valence-electron chi connectivity index (χ1n) is 5.16. The maximum Gasteiger partial charge on any atom is 0.130 e. The van der Waals surface area contributed by atoms with Crippen LogP contribution in [0.25, 0.3) is 0 Å². The molecule has 1 aromatic rings. The summed E-state index contributed by atoms with van der Waals surface area (Å²) < 4.78 is 43.4. The summed E-state index contributed by atoms with van der Waals surface area (Å²) in [5.41, 5.74) is -0.604. The third-order valence-corrected chi connectivity index (χ3v) is 1.32. The van der Waals surface area contributed by atoms with Gasteiger partial charge in [-0.1, -0.05) is 6.04 Å². The molecule has 0 aromatic heterocycles. The minimum Gasteiger partial charge on any atom is -0.507 e. The average molecular weight is 193 g/mol. The van der Waals surface area contributed by atoms with Crippen LogP contribution in [0, 0.1) is 6.85 Å². The summed E-state index contributed by atoms with van der Waals surface area (Å²) in [6.07, 6.45) is 0. The summed E-state index contributed by atoms with van der Waals surface area (Å²) in [5.74, 6) is -0.623. The summed E-state index contributed by atoms with van der Waals surface area (Å²) in [7, 11) is 0. The molecule has 0 radical (unpaired) electrons. The van der Waals surface area contributed by atoms with Gasteiger partial charge in [0.1, 0.15) is 5.75 Å². The fourth-order valence-corrected chi connectivity index (χ4v) is 0.579. The van der Waals surface area contributed by atoms with E-state index >= 15 is 0 Å². The highest BCUT2D eigenvalue weighted by Gasteiger charge is 1.93. The Bertz CT molecular complexity index is 384. The Morgan fingerprint density at radius 1 is 1.78 bits per heavy atom. The van der Waals surface area contributed by atoms with Gasteiger partial charge >= 0.3 is 0 Å². The smallest absolute Gasteiger partial charge is 0.130 e. The quantitative estimate of drug-likeness (QED) is 0.670. The first-order valence-corrected chi connectivity index (χ1v) is 2.96. The maximum atomic E-state index is 9.37.